The summed E-state index contributed by atoms with van der Waals surface area (Å²) >= 11 is 5.86. The third-order valence-electron chi connectivity index (χ3n) is 16.6. The maximum Gasteiger partial charge on any atom is 0.198 e. The van der Waals surface area contributed by atoms with Crippen molar-refractivity contribution < 1.29 is 0 Å². The highest BCUT2D eigenvalue weighted by Crippen LogP contribution is 2.53. The Kier molecular flexibility index (Phi) is 8.81. The van der Waals surface area contributed by atoms with Crippen molar-refractivity contribution in [2.45, 2.75) is 104 Å². The average Bonchev–Trinajstić information content (AvgIpc) is 4.08. The third kappa shape index (κ3) is 6.15. The molecule has 0 saturated heterocycles. The van der Waals surface area contributed by atoms with Crippen molar-refractivity contribution in [2.75, 3.05) is 5.32 Å². The zero-order valence-electron chi connectivity index (χ0n) is 41.9. The van der Waals surface area contributed by atoms with Crippen LogP contribution in [0.1, 0.15) is 104 Å². The minimum atomic E-state index is 0.000572. The van der Waals surface area contributed by atoms with Crippen molar-refractivity contribution >= 4 is 146 Å². The highest BCUT2D eigenvalue weighted by molar-refractivity contribution is 7.27. The molecule has 0 fully saturated rings. The molecular weight excluding hydrogens is 904 g/mol. The van der Waals surface area contributed by atoms with Crippen LogP contribution in [0.4, 0.5) is 11.4 Å². The van der Waals surface area contributed by atoms with E-state index in [9.17, 15) is 0 Å². The summed E-state index contributed by atoms with van der Waals surface area (Å²) in [6.45, 7) is 23.8. The zero-order valence-corrected chi connectivity index (χ0v) is 44.4. The SMILES string of the molecule is CC(C)(C)c1ccc(Nc2cc3sc4cc5c(cc4c3cc2-c2c3c4c(c6cc(C(C)(C)C)ccc6n4-c4cc6sc7ccccc7c6cc4B3)c3sc4ccccc4c23)C(C)(C)CCC5(C)C)cc1. The lowest BCUT2D eigenvalue weighted by molar-refractivity contribution is 0.332. The summed E-state index contributed by atoms with van der Waals surface area (Å²) in [7, 11) is 0.836. The third-order valence-corrected chi connectivity index (χ3v) is 20.0. The molecule has 0 unspecified atom stereocenters. The first-order valence-electron chi connectivity index (χ1n) is 25.2. The highest BCUT2D eigenvalue weighted by atomic mass is 32.1. The van der Waals surface area contributed by atoms with Gasteiger partial charge >= 0.3 is 0 Å². The summed E-state index contributed by atoms with van der Waals surface area (Å²) in [5.41, 5.74) is 17.7. The summed E-state index contributed by atoms with van der Waals surface area (Å²) in [5.74, 6) is 0. The molecule has 6 heteroatoms. The summed E-state index contributed by atoms with van der Waals surface area (Å²) in [6, 6.07) is 50.1. The molecule has 70 heavy (non-hydrogen) atoms. The number of benzene rings is 8. The van der Waals surface area contributed by atoms with Crippen molar-refractivity contribution in [2.24, 2.45) is 0 Å². The second-order valence-corrected chi connectivity index (χ2v) is 27.3. The van der Waals surface area contributed by atoms with E-state index in [1.807, 2.05) is 34.0 Å². The molecule has 8 aromatic carbocycles. The van der Waals surface area contributed by atoms with Crippen LogP contribution < -0.4 is 16.2 Å². The second kappa shape index (κ2) is 14.4. The van der Waals surface area contributed by atoms with Crippen molar-refractivity contribution in [3.63, 3.8) is 0 Å². The van der Waals surface area contributed by atoms with Gasteiger partial charge in [0.2, 0.25) is 0 Å². The van der Waals surface area contributed by atoms with Crippen LogP contribution in [0.15, 0.2) is 127 Å². The predicted octanol–water partition coefficient (Wildman–Crippen LogP) is 17.9. The Labute approximate surface area is 423 Å². The topological polar surface area (TPSA) is 17.0 Å². The van der Waals surface area contributed by atoms with Crippen LogP contribution in [0.2, 0.25) is 0 Å². The van der Waals surface area contributed by atoms with E-state index in [0.717, 1.165) is 18.7 Å². The van der Waals surface area contributed by atoms with Crippen LogP contribution in [0.5, 0.6) is 0 Å². The molecule has 1 aliphatic carbocycles. The molecule has 0 saturated carbocycles. The summed E-state index contributed by atoms with van der Waals surface area (Å²) in [4.78, 5) is 0. The zero-order chi connectivity index (χ0) is 48.0. The van der Waals surface area contributed by atoms with Gasteiger partial charge in [0.25, 0.3) is 0 Å². The number of hydrogen-bond donors (Lipinski definition) is 1. The van der Waals surface area contributed by atoms with Crippen LogP contribution in [-0.4, -0.2) is 11.8 Å². The van der Waals surface area contributed by atoms with Crippen LogP contribution in [0.25, 0.3) is 99.1 Å². The van der Waals surface area contributed by atoms with E-state index < -0.39 is 0 Å². The summed E-state index contributed by atoms with van der Waals surface area (Å²) in [5, 5.41) is 15.0. The second-order valence-electron chi connectivity index (χ2n) is 24.1. The lowest BCUT2D eigenvalue weighted by Gasteiger charge is -2.41. The maximum atomic E-state index is 4.12. The lowest BCUT2D eigenvalue weighted by atomic mass is 9.58. The number of anilines is 2. The van der Waals surface area contributed by atoms with Crippen LogP contribution in [0, 0.1) is 0 Å². The highest BCUT2D eigenvalue weighted by Gasteiger charge is 2.38. The number of nitrogens with zero attached hydrogens (tertiary/aromatic N) is 1. The molecule has 0 bridgehead atoms. The van der Waals surface area contributed by atoms with E-state index in [2.05, 4.69) is 207 Å². The molecular formula is C64H57BN2S3. The first-order chi connectivity index (χ1) is 33.4. The summed E-state index contributed by atoms with van der Waals surface area (Å²) in [6.07, 6.45) is 2.40. The van der Waals surface area contributed by atoms with Gasteiger partial charge < -0.3 is 9.88 Å². The van der Waals surface area contributed by atoms with E-state index in [1.54, 1.807) is 0 Å². The Bertz CT molecular complexity index is 4250. The fraction of sp³-hybridized carbons (Fsp3) is 0.250. The van der Waals surface area contributed by atoms with Crippen molar-refractivity contribution in [1.82, 2.24) is 4.57 Å². The van der Waals surface area contributed by atoms with Crippen molar-refractivity contribution in [3.05, 3.63) is 150 Å². The Morgan fingerprint density at radius 3 is 1.86 bits per heavy atom. The van der Waals surface area contributed by atoms with E-state index >= 15 is 0 Å². The minimum Gasteiger partial charge on any atom is -0.355 e. The minimum absolute atomic E-state index is 0.000572. The maximum absolute atomic E-state index is 4.12. The number of rotatable bonds is 3. The molecule has 1 aliphatic heterocycles. The van der Waals surface area contributed by atoms with Gasteiger partial charge in [-0.2, -0.15) is 0 Å². The van der Waals surface area contributed by atoms with Gasteiger partial charge in [-0.15, -0.1) is 34.0 Å². The molecule has 0 atom stereocenters. The predicted molar refractivity (Wildman–Crippen MR) is 314 cm³/mol. The number of nitrogens with one attached hydrogen (secondary N) is 1. The van der Waals surface area contributed by atoms with Gasteiger partial charge in [-0.1, -0.05) is 135 Å². The van der Waals surface area contributed by atoms with Gasteiger partial charge in [-0.25, -0.2) is 0 Å². The van der Waals surface area contributed by atoms with E-state index in [4.69, 9.17) is 0 Å². The smallest absolute Gasteiger partial charge is 0.198 e. The molecule has 12 aromatic rings. The number of aromatic nitrogens is 1. The van der Waals surface area contributed by atoms with Crippen molar-refractivity contribution in [3.8, 4) is 16.8 Å². The van der Waals surface area contributed by atoms with Crippen LogP contribution in [-0.2, 0) is 21.7 Å². The van der Waals surface area contributed by atoms with Gasteiger partial charge in [-0.05, 0) is 140 Å². The molecule has 0 amide bonds. The molecule has 0 spiro atoms. The Morgan fingerprint density at radius 1 is 0.529 bits per heavy atom. The molecule has 14 rings (SSSR count). The standard InChI is InChI=1S/C64H57BN2S3/c1-61(2,3)34-19-22-36(23-20-34)66-47-32-53-39(40-29-44-45(31-52(40)69-53)64(9,10)26-25-63(44,7)8)28-42(47)55-56-38-16-12-14-18-51(38)70-60(56)57-43-27-35(62(4,5)6)21-24-48(43)67-49-33-54-41(30-46(49)65-58(55)59(57)67)37-15-11-13-17-50(37)68-54/h11-24,27-33,65-66H,25-26H2,1-10H3. The van der Waals surface area contributed by atoms with Gasteiger partial charge in [0, 0.05) is 88.5 Å². The van der Waals surface area contributed by atoms with Gasteiger partial charge in [0.1, 0.15) is 0 Å². The van der Waals surface area contributed by atoms with Crippen LogP contribution >= 0.6 is 34.0 Å². The number of thiophene rings is 3. The van der Waals surface area contributed by atoms with Crippen molar-refractivity contribution in [1.29, 1.82) is 0 Å². The normalized spacial score (nSPS) is 15.5. The van der Waals surface area contributed by atoms with E-state index in [-0.39, 0.29) is 21.7 Å². The molecule has 2 aliphatic rings. The number of fused-ring (bicyclic) bond motifs is 16. The summed E-state index contributed by atoms with van der Waals surface area (Å²) < 4.78 is 10.8. The monoisotopic (exact) mass is 960 g/mol. The molecule has 2 nitrogen and oxygen atoms in total. The Morgan fingerprint density at radius 2 is 1.13 bits per heavy atom. The Hall–Kier alpha value is -5.92. The first-order valence-corrected chi connectivity index (χ1v) is 27.7. The first kappa shape index (κ1) is 42.9. The molecule has 5 heterocycles. The quantitative estimate of drug-likeness (QED) is 0.175. The fourth-order valence-corrected chi connectivity index (χ4v) is 16.0. The van der Waals surface area contributed by atoms with Gasteiger partial charge in [-0.3, -0.25) is 0 Å². The van der Waals surface area contributed by atoms with Gasteiger partial charge in [0.15, 0.2) is 7.28 Å². The molecule has 344 valence electrons. The molecule has 4 aromatic heterocycles. The lowest BCUT2D eigenvalue weighted by Crippen LogP contribution is -2.37. The fourth-order valence-electron chi connectivity index (χ4n) is 12.5. The molecule has 1 N–H and O–H groups in total. The average molecular weight is 961 g/mol. The van der Waals surface area contributed by atoms with Gasteiger partial charge in [0.05, 0.1) is 11.0 Å². The van der Waals surface area contributed by atoms with E-state index in [1.165, 1.54) is 145 Å². The largest absolute Gasteiger partial charge is 0.355 e. The number of hydrogen-bond acceptors (Lipinski definition) is 4. The van der Waals surface area contributed by atoms with E-state index in [0.29, 0.717) is 0 Å². The van der Waals surface area contributed by atoms with Crippen LogP contribution in [0.3, 0.4) is 0 Å². The Balaban J connectivity index is 1.15. The molecule has 0 radical (unpaired) electrons.